The molecule has 3 heteroatoms. The number of hydrogen-bond acceptors (Lipinski definition) is 3. The van der Waals surface area contributed by atoms with Gasteiger partial charge in [-0.05, 0) is 19.3 Å². The zero-order valence-corrected chi connectivity index (χ0v) is 6.71. The van der Waals surface area contributed by atoms with Crippen molar-refractivity contribution in [3.05, 3.63) is 0 Å². The van der Waals surface area contributed by atoms with Crippen LogP contribution in [0.25, 0.3) is 0 Å². The molecule has 3 atom stereocenters. The van der Waals surface area contributed by atoms with Crippen LogP contribution in [0.5, 0.6) is 0 Å². The van der Waals surface area contributed by atoms with Crippen molar-refractivity contribution in [2.45, 2.75) is 37.4 Å². The SMILES string of the molecule is OCC[C@H]1NC[C@@H]2CC[C@H]1N2. The monoisotopic (exact) mass is 156 g/mol. The van der Waals surface area contributed by atoms with Crippen molar-refractivity contribution in [1.82, 2.24) is 10.6 Å². The van der Waals surface area contributed by atoms with Gasteiger partial charge in [-0.3, -0.25) is 0 Å². The first-order valence-electron chi connectivity index (χ1n) is 4.50. The molecule has 2 saturated heterocycles. The lowest BCUT2D eigenvalue weighted by molar-refractivity contribution is 0.232. The third-order valence-electron chi connectivity index (χ3n) is 2.83. The molecule has 0 spiro atoms. The lowest BCUT2D eigenvalue weighted by atomic mass is 10.0. The summed E-state index contributed by atoms with van der Waals surface area (Å²) in [6.45, 7) is 1.39. The predicted molar refractivity (Wildman–Crippen MR) is 43.4 cm³/mol. The molecule has 0 aliphatic carbocycles. The van der Waals surface area contributed by atoms with Gasteiger partial charge in [0.05, 0.1) is 0 Å². The zero-order valence-electron chi connectivity index (χ0n) is 6.71. The minimum atomic E-state index is 0.306. The number of fused-ring (bicyclic) bond motifs is 2. The van der Waals surface area contributed by atoms with Crippen molar-refractivity contribution in [1.29, 1.82) is 0 Å². The third kappa shape index (κ3) is 1.41. The van der Waals surface area contributed by atoms with Crippen LogP contribution in [-0.4, -0.2) is 36.4 Å². The van der Waals surface area contributed by atoms with Gasteiger partial charge in [-0.2, -0.15) is 0 Å². The summed E-state index contributed by atoms with van der Waals surface area (Å²) >= 11 is 0. The molecule has 64 valence electrons. The van der Waals surface area contributed by atoms with E-state index in [1.807, 2.05) is 0 Å². The summed E-state index contributed by atoms with van der Waals surface area (Å²) in [6, 6.07) is 1.84. The van der Waals surface area contributed by atoms with E-state index in [1.165, 1.54) is 12.8 Å². The number of aliphatic hydroxyl groups excluding tert-OH is 1. The molecule has 0 saturated carbocycles. The standard InChI is InChI=1S/C8H16N2O/c11-4-3-7-8-2-1-6(10-8)5-9-7/h6-11H,1-5H2/t6-,7+,8+/m0/s1. The Morgan fingerprint density at radius 3 is 3.09 bits per heavy atom. The highest BCUT2D eigenvalue weighted by molar-refractivity contribution is 4.97. The predicted octanol–water partition coefficient (Wildman–Crippen LogP) is -0.539. The quantitative estimate of drug-likeness (QED) is 0.503. The molecule has 2 aliphatic rings. The summed E-state index contributed by atoms with van der Waals surface area (Å²) in [6.07, 6.45) is 3.48. The Bertz CT molecular complexity index is 140. The highest BCUT2D eigenvalue weighted by atomic mass is 16.3. The number of aliphatic hydroxyl groups is 1. The maximum atomic E-state index is 8.78. The van der Waals surface area contributed by atoms with E-state index < -0.39 is 0 Å². The maximum Gasteiger partial charge on any atom is 0.0446 e. The summed E-state index contributed by atoms with van der Waals surface area (Å²) in [5, 5.41) is 15.8. The molecule has 2 aliphatic heterocycles. The smallest absolute Gasteiger partial charge is 0.0446 e. The van der Waals surface area contributed by atoms with Crippen molar-refractivity contribution >= 4 is 0 Å². The first-order valence-corrected chi connectivity index (χ1v) is 4.50. The second-order valence-electron chi connectivity index (χ2n) is 3.57. The van der Waals surface area contributed by atoms with Crippen molar-refractivity contribution in [3.63, 3.8) is 0 Å². The van der Waals surface area contributed by atoms with Gasteiger partial charge < -0.3 is 15.7 Å². The molecule has 2 rings (SSSR count). The Morgan fingerprint density at radius 1 is 1.36 bits per heavy atom. The number of rotatable bonds is 2. The number of piperazine rings is 1. The van der Waals surface area contributed by atoms with Crippen molar-refractivity contribution in [2.24, 2.45) is 0 Å². The largest absolute Gasteiger partial charge is 0.396 e. The van der Waals surface area contributed by atoms with E-state index in [-0.39, 0.29) is 0 Å². The summed E-state index contributed by atoms with van der Waals surface area (Å²) in [7, 11) is 0. The van der Waals surface area contributed by atoms with Gasteiger partial charge in [0.25, 0.3) is 0 Å². The van der Waals surface area contributed by atoms with E-state index in [9.17, 15) is 0 Å². The highest BCUT2D eigenvalue weighted by Gasteiger charge is 2.33. The van der Waals surface area contributed by atoms with Gasteiger partial charge in [0.15, 0.2) is 0 Å². The Balaban J connectivity index is 1.91. The van der Waals surface area contributed by atoms with Gasteiger partial charge in [-0.25, -0.2) is 0 Å². The van der Waals surface area contributed by atoms with E-state index in [1.54, 1.807) is 0 Å². The van der Waals surface area contributed by atoms with Gasteiger partial charge >= 0.3 is 0 Å². The lowest BCUT2D eigenvalue weighted by Crippen LogP contribution is -2.55. The van der Waals surface area contributed by atoms with Gasteiger partial charge in [-0.15, -0.1) is 0 Å². The molecule has 11 heavy (non-hydrogen) atoms. The Morgan fingerprint density at radius 2 is 2.27 bits per heavy atom. The Hall–Kier alpha value is -0.120. The van der Waals surface area contributed by atoms with Crippen LogP contribution in [0.3, 0.4) is 0 Å². The van der Waals surface area contributed by atoms with Crippen LogP contribution in [0.2, 0.25) is 0 Å². The van der Waals surface area contributed by atoms with Crippen LogP contribution in [0.4, 0.5) is 0 Å². The second kappa shape index (κ2) is 3.09. The molecule has 0 aromatic carbocycles. The molecule has 3 nitrogen and oxygen atoms in total. The molecule has 0 radical (unpaired) electrons. The topological polar surface area (TPSA) is 44.3 Å². The first-order chi connectivity index (χ1) is 5.40. The second-order valence-corrected chi connectivity index (χ2v) is 3.57. The van der Waals surface area contributed by atoms with E-state index in [2.05, 4.69) is 10.6 Å². The summed E-state index contributed by atoms with van der Waals surface area (Å²) in [4.78, 5) is 0. The average molecular weight is 156 g/mol. The maximum absolute atomic E-state index is 8.78. The third-order valence-corrected chi connectivity index (χ3v) is 2.83. The number of nitrogens with one attached hydrogen (secondary N) is 2. The van der Waals surface area contributed by atoms with Crippen molar-refractivity contribution < 1.29 is 5.11 Å². The van der Waals surface area contributed by atoms with Crippen LogP contribution >= 0.6 is 0 Å². The van der Waals surface area contributed by atoms with Crippen LogP contribution < -0.4 is 10.6 Å². The van der Waals surface area contributed by atoms with Crippen molar-refractivity contribution in [3.8, 4) is 0 Å². The summed E-state index contributed by atoms with van der Waals surface area (Å²) in [5.41, 5.74) is 0. The van der Waals surface area contributed by atoms with E-state index >= 15 is 0 Å². The van der Waals surface area contributed by atoms with Crippen LogP contribution in [0, 0.1) is 0 Å². The minimum Gasteiger partial charge on any atom is -0.396 e. The van der Waals surface area contributed by atoms with Gasteiger partial charge in [0.1, 0.15) is 0 Å². The van der Waals surface area contributed by atoms with Crippen LogP contribution in [-0.2, 0) is 0 Å². The first kappa shape index (κ1) is 7.53. The molecule has 0 aromatic heterocycles. The van der Waals surface area contributed by atoms with Gasteiger partial charge in [0, 0.05) is 31.3 Å². The average Bonchev–Trinajstić information content (AvgIpc) is 2.40. The highest BCUT2D eigenvalue weighted by Crippen LogP contribution is 2.20. The minimum absolute atomic E-state index is 0.306. The van der Waals surface area contributed by atoms with Gasteiger partial charge in [0.2, 0.25) is 0 Å². The molecular formula is C8H16N2O. The molecular weight excluding hydrogens is 140 g/mol. The normalized spacial score (nSPS) is 42.8. The molecule has 2 bridgehead atoms. The molecule has 3 N–H and O–H groups in total. The van der Waals surface area contributed by atoms with Crippen LogP contribution in [0.1, 0.15) is 19.3 Å². The van der Waals surface area contributed by atoms with Crippen molar-refractivity contribution in [2.75, 3.05) is 13.2 Å². The van der Waals surface area contributed by atoms with Gasteiger partial charge in [-0.1, -0.05) is 0 Å². The molecule has 2 heterocycles. The number of hydrogen-bond donors (Lipinski definition) is 3. The zero-order chi connectivity index (χ0) is 7.68. The van der Waals surface area contributed by atoms with E-state index in [0.29, 0.717) is 24.7 Å². The molecule has 2 fully saturated rings. The lowest BCUT2D eigenvalue weighted by Gasteiger charge is -2.31. The molecule has 0 aromatic rings. The fraction of sp³-hybridized carbons (Fsp3) is 1.00. The van der Waals surface area contributed by atoms with E-state index in [4.69, 9.17) is 5.11 Å². The fourth-order valence-electron chi connectivity index (χ4n) is 2.21. The Labute approximate surface area is 67.2 Å². The van der Waals surface area contributed by atoms with Crippen LogP contribution in [0.15, 0.2) is 0 Å². The van der Waals surface area contributed by atoms with E-state index in [0.717, 1.165) is 13.0 Å². The Kier molecular flexibility index (Phi) is 2.11. The molecule has 0 amide bonds. The fourth-order valence-corrected chi connectivity index (χ4v) is 2.21. The summed E-state index contributed by atoms with van der Waals surface area (Å²) in [5.74, 6) is 0. The molecule has 0 unspecified atom stereocenters. The summed E-state index contributed by atoms with van der Waals surface area (Å²) < 4.78 is 0.